The maximum absolute atomic E-state index is 9.95. The van der Waals surface area contributed by atoms with E-state index in [1.807, 2.05) is 29.1 Å². The van der Waals surface area contributed by atoms with Gasteiger partial charge >= 0.3 is 0 Å². The third kappa shape index (κ3) is 3.57. The van der Waals surface area contributed by atoms with Crippen LogP contribution in [0.2, 0.25) is 0 Å². The molecule has 2 heterocycles. The van der Waals surface area contributed by atoms with Gasteiger partial charge in [0.05, 0.1) is 29.0 Å². The van der Waals surface area contributed by atoms with Crippen molar-refractivity contribution in [2.75, 3.05) is 11.9 Å². The molecule has 1 aliphatic rings. The minimum absolute atomic E-state index is 0.275. The quantitative estimate of drug-likeness (QED) is 0.868. The summed E-state index contributed by atoms with van der Waals surface area (Å²) in [5.41, 5.74) is 1.78. The summed E-state index contributed by atoms with van der Waals surface area (Å²) in [4.78, 5) is 0. The summed E-state index contributed by atoms with van der Waals surface area (Å²) >= 11 is 3.32. The number of nitrogens with one attached hydrogen (secondary N) is 1. The molecule has 21 heavy (non-hydrogen) atoms. The molecule has 1 aromatic carbocycles. The summed E-state index contributed by atoms with van der Waals surface area (Å²) in [6, 6.07) is 5.62. The molecule has 0 spiro atoms. The van der Waals surface area contributed by atoms with E-state index in [1.165, 1.54) is 0 Å². The summed E-state index contributed by atoms with van der Waals surface area (Å²) in [7, 11) is 0. The molecule has 112 valence electrons. The molecule has 3 rings (SSSR count). The van der Waals surface area contributed by atoms with Crippen LogP contribution >= 0.6 is 15.9 Å². The van der Waals surface area contributed by atoms with Crippen LogP contribution in [0.4, 0.5) is 5.69 Å². The van der Waals surface area contributed by atoms with Crippen LogP contribution in [0.5, 0.6) is 5.75 Å². The van der Waals surface area contributed by atoms with Crippen LogP contribution in [0.25, 0.3) is 0 Å². The van der Waals surface area contributed by atoms with E-state index >= 15 is 0 Å². The summed E-state index contributed by atoms with van der Waals surface area (Å²) in [5.74, 6) is 0.275. The molecule has 0 aliphatic carbocycles. The maximum atomic E-state index is 9.95. The Morgan fingerprint density at radius 2 is 2.38 bits per heavy atom. The highest BCUT2D eigenvalue weighted by Gasteiger charge is 2.16. The van der Waals surface area contributed by atoms with Crippen molar-refractivity contribution in [3.05, 3.63) is 40.6 Å². The zero-order chi connectivity index (χ0) is 14.7. The van der Waals surface area contributed by atoms with Crippen LogP contribution in [0, 0.1) is 0 Å². The Labute approximate surface area is 132 Å². The van der Waals surface area contributed by atoms with Crippen LogP contribution in [-0.4, -0.2) is 27.6 Å². The highest BCUT2D eigenvalue weighted by atomic mass is 79.9. The molecular weight excluding hydrogens is 334 g/mol. The van der Waals surface area contributed by atoms with Gasteiger partial charge in [0.25, 0.3) is 0 Å². The van der Waals surface area contributed by atoms with E-state index in [-0.39, 0.29) is 11.9 Å². The van der Waals surface area contributed by atoms with Crippen LogP contribution < -0.4 is 5.32 Å². The third-order valence-corrected chi connectivity index (χ3v) is 4.24. The van der Waals surface area contributed by atoms with Gasteiger partial charge in [0.1, 0.15) is 5.75 Å². The number of ether oxygens (including phenoxy) is 1. The van der Waals surface area contributed by atoms with Crippen molar-refractivity contribution < 1.29 is 9.84 Å². The van der Waals surface area contributed by atoms with E-state index in [4.69, 9.17) is 4.74 Å². The van der Waals surface area contributed by atoms with Gasteiger partial charge in [-0.25, -0.2) is 0 Å². The molecule has 1 atom stereocenters. The first-order chi connectivity index (χ1) is 10.2. The first kappa shape index (κ1) is 14.4. The minimum Gasteiger partial charge on any atom is -0.506 e. The van der Waals surface area contributed by atoms with Gasteiger partial charge in [0.2, 0.25) is 0 Å². The van der Waals surface area contributed by atoms with Crippen molar-refractivity contribution in [3.8, 4) is 5.75 Å². The lowest BCUT2D eigenvalue weighted by atomic mass is 10.2. The van der Waals surface area contributed by atoms with E-state index in [9.17, 15) is 5.11 Å². The third-order valence-electron chi connectivity index (χ3n) is 3.60. The second-order valence-corrected chi connectivity index (χ2v) is 6.04. The lowest BCUT2D eigenvalue weighted by molar-refractivity contribution is 0.0940. The number of aromatic nitrogens is 2. The number of rotatable bonds is 5. The van der Waals surface area contributed by atoms with Crippen molar-refractivity contribution in [2.24, 2.45) is 0 Å². The largest absolute Gasteiger partial charge is 0.506 e. The number of nitrogens with zero attached hydrogens (tertiary/aromatic N) is 2. The fraction of sp³-hybridized carbons (Fsp3) is 0.400. The molecule has 0 amide bonds. The van der Waals surface area contributed by atoms with Gasteiger partial charge in [0.15, 0.2) is 0 Å². The number of anilines is 1. The van der Waals surface area contributed by atoms with E-state index < -0.39 is 0 Å². The molecule has 0 radical (unpaired) electrons. The maximum Gasteiger partial charge on any atom is 0.134 e. The Balaban J connectivity index is 1.58. The van der Waals surface area contributed by atoms with Gasteiger partial charge in [-0.3, -0.25) is 4.68 Å². The second-order valence-electron chi connectivity index (χ2n) is 5.19. The number of para-hydroxylation sites is 1. The first-order valence-electron chi connectivity index (χ1n) is 7.06. The minimum atomic E-state index is 0.275. The summed E-state index contributed by atoms with van der Waals surface area (Å²) in [6.07, 6.45) is 6.29. The van der Waals surface area contributed by atoms with Crippen LogP contribution in [0.15, 0.2) is 35.1 Å². The predicted molar refractivity (Wildman–Crippen MR) is 84.3 cm³/mol. The molecule has 6 heteroatoms. The predicted octanol–water partition coefficient (Wildman–Crippen LogP) is 3.14. The van der Waals surface area contributed by atoms with Gasteiger partial charge in [-0.2, -0.15) is 5.10 Å². The van der Waals surface area contributed by atoms with Gasteiger partial charge < -0.3 is 15.2 Å². The highest BCUT2D eigenvalue weighted by molar-refractivity contribution is 9.10. The number of phenols is 1. The van der Waals surface area contributed by atoms with E-state index in [1.54, 1.807) is 6.20 Å². The van der Waals surface area contributed by atoms with Gasteiger partial charge in [-0.05, 0) is 34.8 Å². The molecule has 5 nitrogen and oxygen atoms in total. The Bertz CT molecular complexity index is 609. The lowest BCUT2D eigenvalue weighted by Crippen LogP contribution is -2.15. The first-order valence-corrected chi connectivity index (χ1v) is 7.86. The average molecular weight is 352 g/mol. The van der Waals surface area contributed by atoms with Crippen LogP contribution in [-0.2, 0) is 17.8 Å². The van der Waals surface area contributed by atoms with Crippen molar-refractivity contribution in [2.45, 2.75) is 32.0 Å². The Hall–Kier alpha value is -1.53. The zero-order valence-corrected chi connectivity index (χ0v) is 13.2. The smallest absolute Gasteiger partial charge is 0.134 e. The Morgan fingerprint density at radius 3 is 3.19 bits per heavy atom. The van der Waals surface area contributed by atoms with Crippen molar-refractivity contribution in [1.29, 1.82) is 0 Å². The molecule has 1 unspecified atom stereocenters. The molecule has 1 aliphatic heterocycles. The van der Waals surface area contributed by atoms with Crippen LogP contribution in [0.1, 0.15) is 18.4 Å². The Kier molecular flexibility index (Phi) is 4.45. The number of phenolic OH excluding ortho intramolecular Hbond substituents is 1. The SMILES string of the molecule is Oc1c(Br)cccc1CNc1cnn(CC2CCCO2)c1. The zero-order valence-electron chi connectivity index (χ0n) is 11.6. The second kappa shape index (κ2) is 6.49. The number of aromatic hydroxyl groups is 1. The number of halogens is 1. The molecule has 1 saturated heterocycles. The molecule has 0 saturated carbocycles. The summed E-state index contributed by atoms with van der Waals surface area (Å²) in [6.45, 7) is 2.21. The van der Waals surface area contributed by atoms with Crippen molar-refractivity contribution in [3.63, 3.8) is 0 Å². The molecular formula is C15H18BrN3O2. The van der Waals surface area contributed by atoms with E-state index in [2.05, 4.69) is 26.3 Å². The van der Waals surface area contributed by atoms with Crippen molar-refractivity contribution in [1.82, 2.24) is 9.78 Å². The molecule has 2 aromatic rings. The topological polar surface area (TPSA) is 59.3 Å². The monoisotopic (exact) mass is 351 g/mol. The average Bonchev–Trinajstić information content (AvgIpc) is 3.13. The number of hydrogen-bond acceptors (Lipinski definition) is 4. The lowest BCUT2D eigenvalue weighted by Gasteiger charge is -2.09. The van der Waals surface area contributed by atoms with E-state index in [0.29, 0.717) is 11.0 Å². The molecule has 1 fully saturated rings. The normalized spacial score (nSPS) is 18.0. The van der Waals surface area contributed by atoms with Crippen LogP contribution in [0.3, 0.4) is 0 Å². The highest BCUT2D eigenvalue weighted by Crippen LogP contribution is 2.27. The summed E-state index contributed by atoms with van der Waals surface area (Å²) < 4.78 is 8.21. The standard InChI is InChI=1S/C15H18BrN3O2/c16-14-5-1-3-11(15(14)20)7-17-12-8-18-19(9-12)10-13-4-2-6-21-13/h1,3,5,8-9,13,17,20H,2,4,6-7,10H2. The Morgan fingerprint density at radius 1 is 1.48 bits per heavy atom. The van der Waals surface area contributed by atoms with Gasteiger partial charge in [-0.15, -0.1) is 0 Å². The van der Waals surface area contributed by atoms with Gasteiger partial charge in [0, 0.05) is 24.9 Å². The molecule has 1 aromatic heterocycles. The summed E-state index contributed by atoms with van der Waals surface area (Å²) in [5, 5.41) is 17.5. The molecule has 0 bridgehead atoms. The number of hydrogen-bond donors (Lipinski definition) is 2. The van der Waals surface area contributed by atoms with Gasteiger partial charge in [-0.1, -0.05) is 12.1 Å². The van der Waals surface area contributed by atoms with Crippen molar-refractivity contribution >= 4 is 21.6 Å². The molecule has 2 N–H and O–H groups in total. The fourth-order valence-corrected chi connectivity index (χ4v) is 2.86. The fourth-order valence-electron chi connectivity index (χ4n) is 2.45. The van der Waals surface area contributed by atoms with E-state index in [0.717, 1.165) is 37.2 Å². The number of benzene rings is 1.